The number of hydrogen-bond donors (Lipinski definition) is 0. The molecule has 1 fully saturated rings. The summed E-state index contributed by atoms with van der Waals surface area (Å²) < 4.78 is 86.4. The van der Waals surface area contributed by atoms with E-state index in [4.69, 9.17) is 17.7 Å². The molecule has 37 heavy (non-hydrogen) atoms. The average molecular weight is 529 g/mol. The summed E-state index contributed by atoms with van der Waals surface area (Å²) in [4.78, 5) is 14.7. The third-order valence-electron chi connectivity index (χ3n) is 6.62. The van der Waals surface area contributed by atoms with Crippen molar-refractivity contribution in [2.24, 2.45) is 5.92 Å². The zero-order valence-electron chi connectivity index (χ0n) is 26.5. The zero-order valence-corrected chi connectivity index (χ0v) is 21.4. The van der Waals surface area contributed by atoms with E-state index in [0.29, 0.717) is 11.1 Å². The van der Waals surface area contributed by atoms with Gasteiger partial charge < -0.3 is 14.4 Å². The molecule has 0 radical (unpaired) electrons. The minimum atomic E-state index is -3.85. The molecule has 0 aliphatic carbocycles. The van der Waals surface area contributed by atoms with Gasteiger partial charge in [-0.1, -0.05) is 60.7 Å². The molecule has 2 unspecified atom stereocenters. The SMILES string of the molecule is [2H]C([2H])([2H])Oc1cccc(C2(OC(=O)c3ccccc3)CCN(S(=O)(=O)Cc3ccccc3)CC2CN(C)C([2H])([2H])[2H])c1. The lowest BCUT2D eigenvalue weighted by molar-refractivity contribution is -0.0880. The van der Waals surface area contributed by atoms with Gasteiger partial charge in [0.1, 0.15) is 11.4 Å². The number of esters is 1. The molecule has 0 amide bonds. The van der Waals surface area contributed by atoms with E-state index in [-0.39, 0.29) is 43.1 Å². The molecule has 1 aliphatic rings. The summed E-state index contributed by atoms with van der Waals surface area (Å²) >= 11 is 0. The Labute approximate surface area is 228 Å². The highest BCUT2D eigenvalue weighted by Crippen LogP contribution is 2.44. The molecule has 0 spiro atoms. The Bertz CT molecular complexity index is 1500. The van der Waals surface area contributed by atoms with Crippen molar-refractivity contribution in [1.82, 2.24) is 9.21 Å². The predicted molar refractivity (Wildman–Crippen MR) is 144 cm³/mol. The predicted octanol–water partition coefficient (Wildman–Crippen LogP) is 4.16. The van der Waals surface area contributed by atoms with Crippen LogP contribution in [-0.4, -0.2) is 64.3 Å². The van der Waals surface area contributed by atoms with Crippen molar-refractivity contribution in [1.29, 1.82) is 0 Å². The molecule has 3 aromatic rings. The number of piperidine rings is 1. The number of nitrogens with zero attached hydrogens (tertiary/aromatic N) is 2. The van der Waals surface area contributed by atoms with Gasteiger partial charge in [0.25, 0.3) is 0 Å². The van der Waals surface area contributed by atoms with Gasteiger partial charge in [0.05, 0.1) is 22.5 Å². The van der Waals surface area contributed by atoms with Gasteiger partial charge in [-0.15, -0.1) is 0 Å². The molecule has 1 saturated heterocycles. The third kappa shape index (κ3) is 6.21. The molecule has 7 nitrogen and oxygen atoms in total. The largest absolute Gasteiger partial charge is 0.497 e. The molecule has 196 valence electrons. The van der Waals surface area contributed by atoms with Crippen molar-refractivity contribution >= 4 is 16.0 Å². The van der Waals surface area contributed by atoms with E-state index in [0.717, 1.165) is 4.90 Å². The second kappa shape index (κ2) is 11.5. The van der Waals surface area contributed by atoms with Crippen molar-refractivity contribution in [3.05, 3.63) is 102 Å². The van der Waals surface area contributed by atoms with Crippen LogP contribution in [0.1, 0.15) is 36.1 Å². The average Bonchev–Trinajstić information content (AvgIpc) is 2.93. The second-order valence-corrected chi connectivity index (χ2v) is 11.2. The van der Waals surface area contributed by atoms with E-state index in [1.165, 1.54) is 23.5 Å². The van der Waals surface area contributed by atoms with Crippen LogP contribution in [0.15, 0.2) is 84.9 Å². The number of ether oxygens (including phenoxy) is 2. The van der Waals surface area contributed by atoms with Crippen LogP contribution in [0.25, 0.3) is 0 Å². The normalized spacial score (nSPS) is 23.6. The lowest BCUT2D eigenvalue weighted by Gasteiger charge is -2.47. The van der Waals surface area contributed by atoms with Gasteiger partial charge in [-0.2, -0.15) is 0 Å². The number of carbonyl (C=O) groups is 1. The quantitative estimate of drug-likeness (QED) is 0.388. The molecule has 1 heterocycles. The first-order valence-corrected chi connectivity index (χ1v) is 13.5. The van der Waals surface area contributed by atoms with E-state index in [1.807, 2.05) is 0 Å². The first-order valence-electron chi connectivity index (χ1n) is 14.9. The third-order valence-corrected chi connectivity index (χ3v) is 8.44. The molecule has 4 rings (SSSR count). The van der Waals surface area contributed by atoms with Crippen LogP contribution in [0, 0.1) is 5.92 Å². The van der Waals surface area contributed by atoms with Crippen LogP contribution in [0.4, 0.5) is 0 Å². The number of hydrogen-bond acceptors (Lipinski definition) is 6. The maximum Gasteiger partial charge on any atom is 0.339 e. The van der Waals surface area contributed by atoms with E-state index in [9.17, 15) is 13.2 Å². The molecular weight excluding hydrogens is 488 g/mol. The number of rotatable bonds is 9. The summed E-state index contributed by atoms with van der Waals surface area (Å²) in [5, 5.41) is 0. The van der Waals surface area contributed by atoms with Crippen molar-refractivity contribution in [2.45, 2.75) is 17.8 Å². The maximum atomic E-state index is 13.6. The fourth-order valence-electron chi connectivity index (χ4n) is 4.84. The second-order valence-electron chi connectivity index (χ2n) is 9.20. The Hall–Kier alpha value is -3.20. The number of carbonyl (C=O) groups excluding carboxylic acids is 1. The minimum Gasteiger partial charge on any atom is -0.497 e. The molecule has 2 atom stereocenters. The fraction of sp³-hybridized carbons (Fsp3) is 0.345. The van der Waals surface area contributed by atoms with Gasteiger partial charge in [-0.3, -0.25) is 0 Å². The van der Waals surface area contributed by atoms with Crippen LogP contribution < -0.4 is 4.74 Å². The van der Waals surface area contributed by atoms with Gasteiger partial charge >= 0.3 is 5.97 Å². The Morgan fingerprint density at radius 3 is 2.51 bits per heavy atom. The Kier molecular flexibility index (Phi) is 6.15. The minimum absolute atomic E-state index is 0.00492. The standard InChI is InChI=1S/C29H34N2O5S/c1-30(2)20-26-21-31(37(33,34)22-23-11-6-4-7-12-23)18-17-29(26,25-15-10-16-27(19-25)35-3)36-28(32)24-13-8-5-9-14-24/h4-16,19,26H,17-18,20-22H2,1-3H3/i1D3,3D3. The maximum absolute atomic E-state index is 13.6. The molecule has 0 aromatic heterocycles. The summed E-state index contributed by atoms with van der Waals surface area (Å²) in [7, 11) is -5.21. The van der Waals surface area contributed by atoms with E-state index >= 15 is 0 Å². The Balaban J connectivity index is 1.80. The first kappa shape index (κ1) is 19.9. The van der Waals surface area contributed by atoms with Gasteiger partial charge in [0.2, 0.25) is 10.0 Å². The summed E-state index contributed by atoms with van der Waals surface area (Å²) in [6, 6.07) is 23.0. The van der Waals surface area contributed by atoms with E-state index < -0.39 is 41.5 Å². The molecule has 1 aliphatic heterocycles. The van der Waals surface area contributed by atoms with Crippen LogP contribution in [0.2, 0.25) is 0 Å². The smallest absolute Gasteiger partial charge is 0.339 e. The number of benzene rings is 3. The summed E-state index contributed by atoms with van der Waals surface area (Å²) in [6.45, 7) is -2.87. The molecule has 0 saturated carbocycles. The van der Waals surface area contributed by atoms with Crippen LogP contribution in [-0.2, 0) is 26.1 Å². The summed E-state index contributed by atoms with van der Waals surface area (Å²) in [5.74, 6) is -1.82. The lowest BCUT2D eigenvalue weighted by atomic mass is 9.75. The number of sulfonamides is 1. The van der Waals surface area contributed by atoms with Crippen LogP contribution >= 0.6 is 0 Å². The molecule has 0 N–H and O–H groups in total. The highest BCUT2D eigenvalue weighted by atomic mass is 32.2. The van der Waals surface area contributed by atoms with Crippen molar-refractivity contribution in [2.75, 3.05) is 40.7 Å². The van der Waals surface area contributed by atoms with Crippen molar-refractivity contribution in [3.63, 3.8) is 0 Å². The Morgan fingerprint density at radius 2 is 1.81 bits per heavy atom. The van der Waals surface area contributed by atoms with E-state index in [1.54, 1.807) is 72.8 Å². The Morgan fingerprint density at radius 1 is 1.08 bits per heavy atom. The summed E-state index contributed by atoms with van der Waals surface area (Å²) in [5.41, 5.74) is -0.318. The van der Waals surface area contributed by atoms with Gasteiger partial charge in [0.15, 0.2) is 0 Å². The first-order chi connectivity index (χ1) is 20.1. The highest BCUT2D eigenvalue weighted by Gasteiger charge is 2.50. The highest BCUT2D eigenvalue weighted by molar-refractivity contribution is 7.88. The monoisotopic (exact) mass is 528 g/mol. The molecule has 8 heteroatoms. The number of methoxy groups -OCH3 is 1. The van der Waals surface area contributed by atoms with Gasteiger partial charge in [-0.05, 0) is 49.4 Å². The zero-order chi connectivity index (χ0) is 31.5. The fourth-order valence-corrected chi connectivity index (χ4v) is 6.41. The van der Waals surface area contributed by atoms with Gasteiger partial charge in [0, 0.05) is 36.1 Å². The van der Waals surface area contributed by atoms with Crippen molar-refractivity contribution in [3.8, 4) is 5.75 Å². The molecular formula is C29H34N2O5S. The van der Waals surface area contributed by atoms with Gasteiger partial charge in [-0.25, -0.2) is 17.5 Å². The van der Waals surface area contributed by atoms with Crippen molar-refractivity contribution < 1.29 is 30.9 Å². The molecule has 3 aromatic carbocycles. The van der Waals surface area contributed by atoms with Crippen LogP contribution in [0.5, 0.6) is 5.75 Å². The topological polar surface area (TPSA) is 76.1 Å². The van der Waals surface area contributed by atoms with E-state index in [2.05, 4.69) is 0 Å². The summed E-state index contributed by atoms with van der Waals surface area (Å²) in [6.07, 6.45) is -0.0175. The molecule has 0 bridgehead atoms. The van der Waals surface area contributed by atoms with Crippen LogP contribution in [0.3, 0.4) is 0 Å². The lowest BCUT2D eigenvalue weighted by Crippen LogP contribution is -2.56.